The number of phenols is 1. The Kier molecular flexibility index (Phi) is 7.40. The smallest absolute Gasteiger partial charge is 0.187 e. The van der Waals surface area contributed by atoms with Gasteiger partial charge in [0, 0.05) is 0 Å². The van der Waals surface area contributed by atoms with Crippen LogP contribution in [0.2, 0.25) is 0 Å². The molecular formula is C18H26O11. The molecule has 0 aromatic heterocycles. The average Bonchev–Trinajstić information content (AvgIpc) is 2.70. The van der Waals surface area contributed by atoms with E-state index < -0.39 is 55.3 Å². The molecule has 11 heteroatoms. The Morgan fingerprint density at radius 1 is 0.862 bits per heavy atom. The van der Waals surface area contributed by atoms with Gasteiger partial charge >= 0.3 is 0 Å². The van der Waals surface area contributed by atoms with Crippen LogP contribution in [0.3, 0.4) is 0 Å². The van der Waals surface area contributed by atoms with Crippen molar-refractivity contribution in [2.24, 2.45) is 0 Å². The van der Waals surface area contributed by atoms with Crippen LogP contribution in [-0.4, -0.2) is 104 Å². The van der Waals surface area contributed by atoms with Gasteiger partial charge in [0.25, 0.3) is 0 Å². The van der Waals surface area contributed by atoms with Gasteiger partial charge in [0.1, 0.15) is 48.5 Å². The van der Waals surface area contributed by atoms with E-state index >= 15 is 0 Å². The predicted octanol–water partition coefficient (Wildman–Crippen LogP) is -2.83. The molecule has 1 aromatic carbocycles. The molecule has 0 aliphatic carbocycles. The summed E-state index contributed by atoms with van der Waals surface area (Å²) in [6.45, 7) is -0.656. The molecule has 1 aromatic rings. The van der Waals surface area contributed by atoms with E-state index in [1.807, 2.05) is 0 Å². The van der Waals surface area contributed by atoms with E-state index in [2.05, 4.69) is 0 Å². The summed E-state index contributed by atoms with van der Waals surface area (Å²) in [7, 11) is 0. The van der Waals surface area contributed by atoms with Crippen molar-refractivity contribution in [2.45, 2.75) is 61.9 Å². The van der Waals surface area contributed by atoms with Crippen LogP contribution in [0.25, 0.3) is 0 Å². The molecule has 2 saturated heterocycles. The van der Waals surface area contributed by atoms with Crippen molar-refractivity contribution in [1.82, 2.24) is 0 Å². The Bertz CT molecular complexity index is 658. The second kappa shape index (κ2) is 9.62. The summed E-state index contributed by atoms with van der Waals surface area (Å²) in [5.74, 6) is 0.0382. The number of ether oxygens (including phenoxy) is 4. The van der Waals surface area contributed by atoms with Crippen molar-refractivity contribution in [3.05, 3.63) is 29.8 Å². The average molecular weight is 418 g/mol. The molecule has 2 aliphatic rings. The number of benzene rings is 1. The lowest BCUT2D eigenvalue weighted by atomic mass is 9.99. The van der Waals surface area contributed by atoms with Gasteiger partial charge in [-0.1, -0.05) is 12.1 Å². The summed E-state index contributed by atoms with van der Waals surface area (Å²) in [6.07, 6.45) is -12.6. The van der Waals surface area contributed by atoms with Crippen LogP contribution in [0.1, 0.15) is 5.56 Å². The second-order valence-electron chi connectivity index (χ2n) is 7.08. The van der Waals surface area contributed by atoms with Crippen molar-refractivity contribution in [1.29, 1.82) is 0 Å². The van der Waals surface area contributed by atoms with Crippen molar-refractivity contribution in [3.63, 3.8) is 0 Å². The predicted molar refractivity (Wildman–Crippen MR) is 93.3 cm³/mol. The number of phenolic OH excluding ortho intramolecular Hbond substituents is 1. The first-order chi connectivity index (χ1) is 13.8. The van der Waals surface area contributed by atoms with Gasteiger partial charge in [0.05, 0.1) is 19.8 Å². The van der Waals surface area contributed by atoms with Crippen LogP contribution in [0.4, 0.5) is 0 Å². The van der Waals surface area contributed by atoms with Crippen LogP contribution in [0.15, 0.2) is 24.3 Å². The number of aliphatic hydroxyl groups is 6. The van der Waals surface area contributed by atoms with Crippen LogP contribution in [0, 0.1) is 0 Å². The normalized spacial score (nSPS) is 40.7. The monoisotopic (exact) mass is 418 g/mol. The summed E-state index contributed by atoms with van der Waals surface area (Å²) < 4.78 is 21.4. The van der Waals surface area contributed by atoms with Gasteiger partial charge < -0.3 is 54.7 Å². The molecule has 11 nitrogen and oxygen atoms in total. The summed E-state index contributed by atoms with van der Waals surface area (Å²) in [6, 6.07) is 6.24. The maximum absolute atomic E-state index is 10.1. The zero-order chi connectivity index (χ0) is 21.1. The van der Waals surface area contributed by atoms with Gasteiger partial charge in [-0.2, -0.15) is 0 Å². The SMILES string of the molecule is Oc1cccc(CO[C@@H]2O[C@H](CO[C@@H]3OC[C@@H](O)[C@H](O)[C@H]3O)[C@@H](O)[C@H](O)[C@H]2O)c1. The molecule has 2 aliphatic heterocycles. The Hall–Kier alpha value is -1.38. The molecule has 3 rings (SSSR count). The maximum atomic E-state index is 10.1. The Morgan fingerprint density at radius 2 is 1.59 bits per heavy atom. The standard InChI is InChI=1S/C18H26O11/c19-9-3-1-2-8(4-9)5-26-18-16(25)14(23)13(22)11(29-18)7-28-17-15(24)12(21)10(20)6-27-17/h1-4,10-25H,5-7H2/t10-,11-,12+,13-,14+,15-,16-,17+,18-/m1/s1. The molecule has 0 amide bonds. The molecule has 9 atom stereocenters. The zero-order valence-corrected chi connectivity index (χ0v) is 15.4. The highest BCUT2D eigenvalue weighted by atomic mass is 16.7. The van der Waals surface area contributed by atoms with E-state index in [1.54, 1.807) is 12.1 Å². The van der Waals surface area contributed by atoms with E-state index in [9.17, 15) is 35.7 Å². The number of hydrogen-bond acceptors (Lipinski definition) is 11. The van der Waals surface area contributed by atoms with Crippen molar-refractivity contribution < 1.29 is 54.7 Å². The number of hydrogen-bond donors (Lipinski definition) is 7. The number of aliphatic hydroxyl groups excluding tert-OH is 6. The minimum absolute atomic E-state index is 0.0382. The highest BCUT2D eigenvalue weighted by Crippen LogP contribution is 2.25. The Labute approximate surface area is 166 Å². The second-order valence-corrected chi connectivity index (χ2v) is 7.08. The molecule has 2 heterocycles. The van der Waals surface area contributed by atoms with E-state index in [0.717, 1.165) is 0 Å². The first-order valence-electron chi connectivity index (χ1n) is 9.14. The number of aromatic hydroxyl groups is 1. The molecule has 7 N–H and O–H groups in total. The summed E-state index contributed by atoms with van der Waals surface area (Å²) in [5.41, 5.74) is 0.598. The van der Waals surface area contributed by atoms with Crippen LogP contribution < -0.4 is 0 Å². The lowest BCUT2D eigenvalue weighted by Crippen LogP contribution is -2.60. The molecule has 0 unspecified atom stereocenters. The first-order valence-corrected chi connectivity index (χ1v) is 9.14. The molecule has 0 spiro atoms. The van der Waals surface area contributed by atoms with Crippen molar-refractivity contribution in [3.8, 4) is 5.75 Å². The topological polar surface area (TPSA) is 179 Å². The Balaban J connectivity index is 1.57. The fraction of sp³-hybridized carbons (Fsp3) is 0.667. The Morgan fingerprint density at radius 3 is 2.31 bits per heavy atom. The highest BCUT2D eigenvalue weighted by molar-refractivity contribution is 5.26. The molecular weight excluding hydrogens is 392 g/mol. The molecule has 0 bridgehead atoms. The molecule has 29 heavy (non-hydrogen) atoms. The van der Waals surface area contributed by atoms with Crippen LogP contribution in [-0.2, 0) is 25.6 Å². The third kappa shape index (κ3) is 5.22. The van der Waals surface area contributed by atoms with Gasteiger partial charge in [-0.25, -0.2) is 0 Å². The minimum atomic E-state index is -1.59. The molecule has 164 valence electrons. The fourth-order valence-electron chi connectivity index (χ4n) is 3.13. The van der Waals surface area contributed by atoms with E-state index in [1.165, 1.54) is 12.1 Å². The molecule has 2 fully saturated rings. The van der Waals surface area contributed by atoms with Gasteiger partial charge in [0.15, 0.2) is 12.6 Å². The largest absolute Gasteiger partial charge is 0.508 e. The zero-order valence-electron chi connectivity index (χ0n) is 15.4. The summed E-state index contributed by atoms with van der Waals surface area (Å²) in [5, 5.41) is 68.8. The van der Waals surface area contributed by atoms with E-state index in [4.69, 9.17) is 18.9 Å². The lowest BCUT2D eigenvalue weighted by molar-refractivity contribution is -0.322. The fourth-order valence-corrected chi connectivity index (χ4v) is 3.13. The quantitative estimate of drug-likeness (QED) is 0.253. The summed E-state index contributed by atoms with van der Waals surface area (Å²) in [4.78, 5) is 0. The number of rotatable bonds is 6. The first kappa shape index (κ1) is 22.3. The van der Waals surface area contributed by atoms with Gasteiger partial charge in [0.2, 0.25) is 0 Å². The van der Waals surface area contributed by atoms with Crippen molar-refractivity contribution >= 4 is 0 Å². The van der Waals surface area contributed by atoms with Gasteiger partial charge in [-0.05, 0) is 17.7 Å². The van der Waals surface area contributed by atoms with Crippen LogP contribution >= 0.6 is 0 Å². The highest BCUT2D eigenvalue weighted by Gasteiger charge is 2.45. The van der Waals surface area contributed by atoms with E-state index in [0.29, 0.717) is 5.56 Å². The molecule has 0 saturated carbocycles. The van der Waals surface area contributed by atoms with Crippen molar-refractivity contribution in [2.75, 3.05) is 13.2 Å². The van der Waals surface area contributed by atoms with E-state index in [-0.39, 0.29) is 25.6 Å². The minimum Gasteiger partial charge on any atom is -0.508 e. The molecule has 0 radical (unpaired) electrons. The third-order valence-corrected chi connectivity index (χ3v) is 4.87. The van der Waals surface area contributed by atoms with Gasteiger partial charge in [-0.3, -0.25) is 0 Å². The van der Waals surface area contributed by atoms with Gasteiger partial charge in [-0.15, -0.1) is 0 Å². The summed E-state index contributed by atoms with van der Waals surface area (Å²) >= 11 is 0. The van der Waals surface area contributed by atoms with Crippen LogP contribution in [0.5, 0.6) is 5.75 Å². The third-order valence-electron chi connectivity index (χ3n) is 4.87. The maximum Gasteiger partial charge on any atom is 0.187 e. The lowest BCUT2D eigenvalue weighted by Gasteiger charge is -2.41.